The number of H-pyrrole nitrogens is 1. The lowest BCUT2D eigenvalue weighted by atomic mass is 9.97. The molecule has 4 nitrogen and oxygen atoms in total. The topological polar surface area (TPSA) is 49.0 Å². The van der Waals surface area contributed by atoms with Crippen molar-refractivity contribution >= 4 is 17.2 Å². The average molecular weight is 289 g/mol. The third-order valence-corrected chi connectivity index (χ3v) is 5.03. The zero-order valence-corrected chi connectivity index (χ0v) is 12.7. The summed E-state index contributed by atoms with van der Waals surface area (Å²) in [4.78, 5) is 15.7. The van der Waals surface area contributed by atoms with E-state index < -0.39 is 0 Å². The number of likely N-dealkylation sites (tertiary alicyclic amines) is 1. The van der Waals surface area contributed by atoms with E-state index in [9.17, 15) is 4.79 Å². The van der Waals surface area contributed by atoms with Crippen LogP contribution in [0.4, 0.5) is 0 Å². The fourth-order valence-electron chi connectivity index (χ4n) is 2.89. The highest BCUT2D eigenvalue weighted by molar-refractivity contribution is 7.12. The zero-order valence-electron chi connectivity index (χ0n) is 11.8. The molecular weight excluding hydrogens is 270 g/mol. The predicted octanol–water partition coefficient (Wildman–Crippen LogP) is 3.46. The number of amides is 1. The fourth-order valence-corrected chi connectivity index (χ4v) is 3.77. The lowest BCUT2D eigenvalue weighted by Crippen LogP contribution is -2.38. The van der Waals surface area contributed by atoms with Crippen molar-refractivity contribution in [3.05, 3.63) is 39.3 Å². The molecule has 2 aromatic rings. The van der Waals surface area contributed by atoms with E-state index in [1.807, 2.05) is 36.4 Å². The largest absolute Gasteiger partial charge is 0.329 e. The number of carbonyl (C=O) groups excluding carboxylic acids is 1. The maximum Gasteiger partial charge on any atom is 0.264 e. The molecule has 0 bridgehead atoms. The first-order chi connectivity index (χ1) is 9.68. The number of rotatable bonds is 2. The van der Waals surface area contributed by atoms with Crippen molar-refractivity contribution in [3.8, 4) is 0 Å². The number of piperidine rings is 1. The summed E-state index contributed by atoms with van der Waals surface area (Å²) in [7, 11) is 0. The summed E-state index contributed by atoms with van der Waals surface area (Å²) in [5, 5.41) is 9.18. The highest BCUT2D eigenvalue weighted by Crippen LogP contribution is 2.33. The second kappa shape index (κ2) is 5.40. The molecule has 1 N–H and O–H groups in total. The summed E-state index contributed by atoms with van der Waals surface area (Å²) >= 11 is 1.54. The molecule has 1 atom stereocenters. The van der Waals surface area contributed by atoms with E-state index in [4.69, 9.17) is 0 Å². The third-order valence-electron chi connectivity index (χ3n) is 4.02. The van der Waals surface area contributed by atoms with Crippen LogP contribution in [0.15, 0.2) is 17.6 Å². The molecular formula is C15H19N3OS. The van der Waals surface area contributed by atoms with Crippen LogP contribution in [0, 0.1) is 13.8 Å². The van der Waals surface area contributed by atoms with Crippen LogP contribution in [-0.4, -0.2) is 27.5 Å². The van der Waals surface area contributed by atoms with Gasteiger partial charge in [0.2, 0.25) is 0 Å². The number of aromatic nitrogens is 2. The molecule has 0 saturated carbocycles. The molecule has 0 aliphatic carbocycles. The maximum atomic E-state index is 12.8. The molecule has 20 heavy (non-hydrogen) atoms. The summed E-state index contributed by atoms with van der Waals surface area (Å²) in [6, 6.07) is 2.15. The Morgan fingerprint density at radius 1 is 1.40 bits per heavy atom. The van der Waals surface area contributed by atoms with Gasteiger partial charge in [-0.2, -0.15) is 5.10 Å². The Morgan fingerprint density at radius 2 is 2.25 bits per heavy atom. The van der Waals surface area contributed by atoms with Gasteiger partial charge in [-0.3, -0.25) is 9.89 Å². The number of hydrogen-bond donors (Lipinski definition) is 1. The van der Waals surface area contributed by atoms with Gasteiger partial charge in [-0.15, -0.1) is 11.3 Å². The van der Waals surface area contributed by atoms with Gasteiger partial charge in [0.1, 0.15) is 0 Å². The van der Waals surface area contributed by atoms with Gasteiger partial charge in [-0.25, -0.2) is 0 Å². The predicted molar refractivity (Wildman–Crippen MR) is 80.0 cm³/mol. The van der Waals surface area contributed by atoms with Crippen LogP contribution in [-0.2, 0) is 0 Å². The monoisotopic (exact) mass is 289 g/mol. The van der Waals surface area contributed by atoms with Crippen molar-refractivity contribution in [3.63, 3.8) is 0 Å². The molecule has 106 valence electrons. The molecule has 0 radical (unpaired) electrons. The van der Waals surface area contributed by atoms with E-state index in [0.29, 0.717) is 0 Å². The quantitative estimate of drug-likeness (QED) is 0.920. The molecule has 1 aliphatic rings. The van der Waals surface area contributed by atoms with Crippen LogP contribution in [0.25, 0.3) is 0 Å². The van der Waals surface area contributed by atoms with Crippen LogP contribution in [0.1, 0.15) is 51.8 Å². The van der Waals surface area contributed by atoms with Gasteiger partial charge in [-0.1, -0.05) is 0 Å². The molecule has 1 unspecified atom stereocenters. The van der Waals surface area contributed by atoms with Crippen LogP contribution < -0.4 is 0 Å². The van der Waals surface area contributed by atoms with Crippen molar-refractivity contribution in [1.29, 1.82) is 0 Å². The van der Waals surface area contributed by atoms with Gasteiger partial charge in [0.15, 0.2) is 0 Å². The molecule has 0 aromatic carbocycles. The van der Waals surface area contributed by atoms with E-state index in [2.05, 4.69) is 10.2 Å². The summed E-state index contributed by atoms with van der Waals surface area (Å²) < 4.78 is 0. The number of carbonyl (C=O) groups is 1. The van der Waals surface area contributed by atoms with Gasteiger partial charge in [-0.05, 0) is 55.7 Å². The lowest BCUT2D eigenvalue weighted by Gasteiger charge is -2.35. The normalized spacial score (nSPS) is 19.3. The van der Waals surface area contributed by atoms with Crippen LogP contribution in [0.2, 0.25) is 0 Å². The minimum atomic E-state index is 0.139. The number of hydrogen-bond acceptors (Lipinski definition) is 3. The Bertz CT molecular complexity index is 616. The van der Waals surface area contributed by atoms with Gasteiger partial charge >= 0.3 is 0 Å². The summed E-state index contributed by atoms with van der Waals surface area (Å²) in [6.07, 6.45) is 5.10. The van der Waals surface area contributed by atoms with Gasteiger partial charge < -0.3 is 4.90 Å². The number of aryl methyl sites for hydroxylation is 2. The Kier molecular flexibility index (Phi) is 3.61. The van der Waals surface area contributed by atoms with Crippen molar-refractivity contribution in [2.24, 2.45) is 0 Å². The highest BCUT2D eigenvalue weighted by Gasteiger charge is 2.31. The minimum absolute atomic E-state index is 0.139. The Balaban J connectivity index is 1.92. The first-order valence-corrected chi connectivity index (χ1v) is 7.91. The fraction of sp³-hybridized carbons (Fsp3) is 0.467. The van der Waals surface area contributed by atoms with E-state index in [-0.39, 0.29) is 11.9 Å². The van der Waals surface area contributed by atoms with E-state index in [1.165, 1.54) is 11.3 Å². The summed E-state index contributed by atoms with van der Waals surface area (Å²) in [5.41, 5.74) is 3.30. The number of thiophene rings is 1. The van der Waals surface area contributed by atoms with Crippen molar-refractivity contribution in [2.75, 3.05) is 6.54 Å². The molecule has 3 rings (SSSR count). The van der Waals surface area contributed by atoms with Gasteiger partial charge in [0, 0.05) is 6.54 Å². The van der Waals surface area contributed by atoms with E-state index >= 15 is 0 Å². The standard InChI is InChI=1S/C15H19N3OS/c1-10-6-8-20-14(10)15(19)18-7-4-3-5-12(18)13-11(2)9-16-17-13/h6,8-9,12H,3-5,7H2,1-2H3,(H,16,17). The zero-order chi connectivity index (χ0) is 14.1. The van der Waals surface area contributed by atoms with Crippen LogP contribution >= 0.6 is 11.3 Å². The van der Waals surface area contributed by atoms with Crippen molar-refractivity contribution < 1.29 is 4.79 Å². The molecule has 5 heteroatoms. The molecule has 1 fully saturated rings. The molecule has 1 aliphatic heterocycles. The third kappa shape index (κ3) is 2.26. The number of nitrogens with zero attached hydrogens (tertiary/aromatic N) is 2. The van der Waals surface area contributed by atoms with Gasteiger partial charge in [0.05, 0.1) is 22.8 Å². The second-order valence-electron chi connectivity index (χ2n) is 5.41. The molecule has 3 heterocycles. The SMILES string of the molecule is Cc1cn[nH]c1C1CCCCN1C(=O)c1sccc1C. The second-order valence-corrected chi connectivity index (χ2v) is 6.33. The smallest absolute Gasteiger partial charge is 0.264 e. The van der Waals surface area contributed by atoms with Crippen molar-refractivity contribution in [2.45, 2.75) is 39.2 Å². The number of aromatic amines is 1. The van der Waals surface area contributed by atoms with Crippen molar-refractivity contribution in [1.82, 2.24) is 15.1 Å². The molecule has 1 saturated heterocycles. The first-order valence-electron chi connectivity index (χ1n) is 7.03. The Labute approximate surface area is 122 Å². The van der Waals surface area contributed by atoms with Gasteiger partial charge in [0.25, 0.3) is 5.91 Å². The lowest BCUT2D eigenvalue weighted by molar-refractivity contribution is 0.0610. The summed E-state index contributed by atoms with van der Waals surface area (Å²) in [6.45, 7) is 4.88. The maximum absolute atomic E-state index is 12.8. The molecule has 0 spiro atoms. The summed E-state index contributed by atoms with van der Waals surface area (Å²) in [5.74, 6) is 0.163. The Morgan fingerprint density at radius 3 is 2.90 bits per heavy atom. The van der Waals surface area contributed by atoms with Crippen LogP contribution in [0.3, 0.4) is 0 Å². The molecule has 1 amide bonds. The average Bonchev–Trinajstić information content (AvgIpc) is 3.06. The minimum Gasteiger partial charge on any atom is -0.329 e. The van der Waals surface area contributed by atoms with Crippen LogP contribution in [0.5, 0.6) is 0 Å². The highest BCUT2D eigenvalue weighted by atomic mass is 32.1. The van der Waals surface area contributed by atoms with E-state index in [0.717, 1.165) is 47.5 Å². The van der Waals surface area contributed by atoms with E-state index in [1.54, 1.807) is 0 Å². The number of nitrogens with one attached hydrogen (secondary N) is 1. The molecule has 2 aromatic heterocycles. The first kappa shape index (κ1) is 13.4. The Hall–Kier alpha value is -1.62.